The summed E-state index contributed by atoms with van der Waals surface area (Å²) in [7, 11) is 1.80. The first-order valence-electron chi connectivity index (χ1n) is 11.3. The molecule has 0 spiro atoms. The third-order valence-corrected chi connectivity index (χ3v) is 6.53. The Morgan fingerprint density at radius 1 is 0.969 bits per heavy atom. The molecule has 7 heteroatoms. The molecule has 2 fully saturated rings. The van der Waals surface area contributed by atoms with Crippen LogP contribution in [0.4, 0.5) is 11.4 Å². The van der Waals surface area contributed by atoms with E-state index in [-0.39, 0.29) is 24.8 Å². The Morgan fingerprint density at radius 2 is 1.75 bits per heavy atom. The summed E-state index contributed by atoms with van der Waals surface area (Å²) in [6.07, 6.45) is 0. The number of piperazine rings is 2. The van der Waals surface area contributed by atoms with E-state index < -0.39 is 0 Å². The van der Waals surface area contributed by atoms with E-state index in [1.165, 1.54) is 22.5 Å². The highest BCUT2D eigenvalue weighted by Crippen LogP contribution is 2.30. The van der Waals surface area contributed by atoms with Gasteiger partial charge in [0.1, 0.15) is 0 Å². The summed E-state index contributed by atoms with van der Waals surface area (Å²) in [5.74, 6) is 0. The van der Waals surface area contributed by atoms with Crippen molar-refractivity contribution in [3.05, 3.63) is 59.7 Å². The minimum absolute atomic E-state index is 0. The number of nitrogens with one attached hydrogen (secondary N) is 1. The number of rotatable bonds is 6. The predicted octanol–water partition coefficient (Wildman–Crippen LogP) is 4.19. The zero-order valence-corrected chi connectivity index (χ0v) is 21.1. The van der Waals surface area contributed by atoms with E-state index in [0.29, 0.717) is 18.7 Å². The molecule has 1 N–H and O–H groups in total. The minimum Gasteiger partial charge on any atom is -0.380 e. The summed E-state index contributed by atoms with van der Waals surface area (Å²) in [6.45, 7) is 12.7. The molecule has 5 nitrogen and oxygen atoms in total. The van der Waals surface area contributed by atoms with Gasteiger partial charge < -0.3 is 19.9 Å². The third-order valence-electron chi connectivity index (χ3n) is 6.53. The highest BCUT2D eigenvalue weighted by Gasteiger charge is 2.26. The molecule has 2 aromatic carbocycles. The van der Waals surface area contributed by atoms with Gasteiger partial charge in [-0.25, -0.2) is 0 Å². The summed E-state index contributed by atoms with van der Waals surface area (Å²) < 4.78 is 5.59. The van der Waals surface area contributed by atoms with Crippen molar-refractivity contribution in [2.45, 2.75) is 39.1 Å². The summed E-state index contributed by atoms with van der Waals surface area (Å²) in [5, 5.41) is 3.48. The number of benzene rings is 2. The monoisotopic (exact) mass is 480 g/mol. The van der Waals surface area contributed by atoms with E-state index in [1.54, 1.807) is 7.11 Å². The van der Waals surface area contributed by atoms with Crippen LogP contribution in [-0.4, -0.2) is 63.4 Å². The molecule has 0 unspecified atom stereocenters. The van der Waals surface area contributed by atoms with Crippen LogP contribution in [0.3, 0.4) is 0 Å². The fourth-order valence-corrected chi connectivity index (χ4v) is 4.82. The van der Waals surface area contributed by atoms with E-state index in [9.17, 15) is 0 Å². The Morgan fingerprint density at radius 3 is 2.44 bits per heavy atom. The van der Waals surface area contributed by atoms with Gasteiger partial charge >= 0.3 is 0 Å². The second-order valence-electron chi connectivity index (χ2n) is 8.74. The van der Waals surface area contributed by atoms with Gasteiger partial charge in [-0.05, 0) is 37.6 Å². The first-order chi connectivity index (χ1) is 14.7. The van der Waals surface area contributed by atoms with Crippen LogP contribution in [0.15, 0.2) is 48.5 Å². The van der Waals surface area contributed by atoms with Crippen LogP contribution in [0.1, 0.15) is 25.0 Å². The average molecular weight is 482 g/mol. The molecular formula is C25H38Cl2N4O. The van der Waals surface area contributed by atoms with Gasteiger partial charge in [0.15, 0.2) is 0 Å². The normalized spacial score (nSPS) is 21.6. The first-order valence-corrected chi connectivity index (χ1v) is 11.3. The number of halogens is 2. The molecule has 0 radical (unpaired) electrons. The second-order valence-corrected chi connectivity index (χ2v) is 8.74. The molecule has 2 aliphatic heterocycles. The van der Waals surface area contributed by atoms with Crippen molar-refractivity contribution < 1.29 is 4.74 Å². The zero-order valence-electron chi connectivity index (χ0n) is 19.5. The van der Waals surface area contributed by atoms with Crippen LogP contribution in [0, 0.1) is 0 Å². The summed E-state index contributed by atoms with van der Waals surface area (Å²) in [4.78, 5) is 7.66. The molecule has 0 aromatic heterocycles. The highest BCUT2D eigenvalue weighted by atomic mass is 35.5. The molecule has 0 saturated carbocycles. The summed E-state index contributed by atoms with van der Waals surface area (Å²) in [5.41, 5.74) is 5.34. The number of ether oxygens (including phenoxy) is 1. The molecule has 0 bridgehead atoms. The Bertz CT molecular complexity index is 823. The first kappa shape index (κ1) is 26.7. The van der Waals surface area contributed by atoms with Crippen molar-refractivity contribution in [2.24, 2.45) is 0 Å². The molecule has 2 saturated heterocycles. The minimum atomic E-state index is 0. The lowest BCUT2D eigenvalue weighted by atomic mass is 10.1. The molecule has 2 aliphatic rings. The average Bonchev–Trinajstić information content (AvgIpc) is 2.76. The maximum absolute atomic E-state index is 5.59. The molecule has 4 rings (SSSR count). The largest absolute Gasteiger partial charge is 0.380 e. The number of hydrogen-bond acceptors (Lipinski definition) is 5. The van der Waals surface area contributed by atoms with E-state index in [0.717, 1.165) is 45.8 Å². The molecule has 2 heterocycles. The molecule has 2 aromatic rings. The molecule has 32 heavy (non-hydrogen) atoms. The zero-order chi connectivity index (χ0) is 20.9. The van der Waals surface area contributed by atoms with Crippen molar-refractivity contribution in [3.63, 3.8) is 0 Å². The topological polar surface area (TPSA) is 31.0 Å². The summed E-state index contributed by atoms with van der Waals surface area (Å²) >= 11 is 0. The summed E-state index contributed by atoms with van der Waals surface area (Å²) in [6, 6.07) is 18.8. The number of anilines is 2. The van der Waals surface area contributed by atoms with Crippen molar-refractivity contribution in [2.75, 3.05) is 56.2 Å². The van der Waals surface area contributed by atoms with Crippen LogP contribution in [0.25, 0.3) is 0 Å². The predicted molar refractivity (Wildman–Crippen MR) is 140 cm³/mol. The molecular weight excluding hydrogens is 443 g/mol. The van der Waals surface area contributed by atoms with Crippen LogP contribution in [-0.2, 0) is 17.9 Å². The van der Waals surface area contributed by atoms with Crippen molar-refractivity contribution in [1.29, 1.82) is 0 Å². The van der Waals surface area contributed by atoms with E-state index in [4.69, 9.17) is 4.74 Å². The van der Waals surface area contributed by atoms with Gasteiger partial charge in [-0.3, -0.25) is 4.90 Å². The molecule has 0 amide bonds. The quantitative estimate of drug-likeness (QED) is 0.669. The second kappa shape index (κ2) is 12.7. The Balaban J connectivity index is 0.00000181. The van der Waals surface area contributed by atoms with Crippen molar-refractivity contribution in [1.82, 2.24) is 10.2 Å². The van der Waals surface area contributed by atoms with Crippen molar-refractivity contribution in [3.8, 4) is 0 Å². The van der Waals surface area contributed by atoms with Gasteiger partial charge in [0.05, 0.1) is 6.61 Å². The fourth-order valence-electron chi connectivity index (χ4n) is 4.82. The van der Waals surface area contributed by atoms with Crippen LogP contribution < -0.4 is 15.1 Å². The Labute approximate surface area is 205 Å². The maximum atomic E-state index is 5.59. The standard InChI is InChI=1S/C25H36N4O.2ClH/c1-20-16-26-11-12-29(20)24-9-10-25(23(15-24)19-30-3)28-14-13-27(21(2)17-28)18-22-7-5-4-6-8-22;;/h4-10,15,20-21,26H,11-14,16-19H2,1-3H3;2*1H/t20-,21-;;/m0../s1. The van der Waals surface area contributed by atoms with Crippen LogP contribution in [0.2, 0.25) is 0 Å². The lowest BCUT2D eigenvalue weighted by Crippen LogP contribution is -2.51. The molecule has 0 aliphatic carbocycles. The van der Waals surface area contributed by atoms with Gasteiger partial charge in [0, 0.05) is 81.9 Å². The van der Waals surface area contributed by atoms with E-state index >= 15 is 0 Å². The van der Waals surface area contributed by atoms with Crippen LogP contribution >= 0.6 is 24.8 Å². The van der Waals surface area contributed by atoms with Gasteiger partial charge in [-0.2, -0.15) is 0 Å². The number of methoxy groups -OCH3 is 1. The maximum Gasteiger partial charge on any atom is 0.0734 e. The number of hydrogen-bond donors (Lipinski definition) is 1. The van der Waals surface area contributed by atoms with Gasteiger partial charge in [0.25, 0.3) is 0 Å². The van der Waals surface area contributed by atoms with Gasteiger partial charge in [-0.15, -0.1) is 24.8 Å². The van der Waals surface area contributed by atoms with Crippen LogP contribution in [0.5, 0.6) is 0 Å². The Hall–Kier alpha value is -1.50. The highest BCUT2D eigenvalue weighted by molar-refractivity contribution is 5.85. The molecule has 178 valence electrons. The molecule has 2 atom stereocenters. The van der Waals surface area contributed by atoms with Crippen molar-refractivity contribution >= 4 is 36.2 Å². The van der Waals surface area contributed by atoms with Gasteiger partial charge in [0.2, 0.25) is 0 Å². The lowest BCUT2D eigenvalue weighted by molar-refractivity contribution is 0.177. The fraction of sp³-hybridized carbons (Fsp3) is 0.520. The smallest absolute Gasteiger partial charge is 0.0734 e. The van der Waals surface area contributed by atoms with E-state index in [1.807, 2.05) is 0 Å². The SMILES string of the molecule is COCc1cc(N2CCNC[C@@H]2C)ccc1N1CCN(Cc2ccccc2)[C@@H](C)C1.Cl.Cl. The third kappa shape index (κ3) is 6.30. The Kier molecular flexibility index (Phi) is 10.6. The lowest BCUT2D eigenvalue weighted by Gasteiger charge is -2.42. The van der Waals surface area contributed by atoms with Gasteiger partial charge in [-0.1, -0.05) is 30.3 Å². The number of nitrogens with zero attached hydrogens (tertiary/aromatic N) is 3. The van der Waals surface area contributed by atoms with E-state index in [2.05, 4.69) is 82.4 Å².